The zero-order valence-corrected chi connectivity index (χ0v) is 21.6. The lowest BCUT2D eigenvalue weighted by Crippen LogP contribution is -2.20. The van der Waals surface area contributed by atoms with Crippen molar-refractivity contribution in [3.8, 4) is 16.8 Å². The molecule has 0 bridgehead atoms. The number of nitrogens with zero attached hydrogens (tertiary/aromatic N) is 3. The van der Waals surface area contributed by atoms with Crippen LogP contribution in [0.4, 0.5) is 23.8 Å². The zero-order chi connectivity index (χ0) is 28.7. The van der Waals surface area contributed by atoms with E-state index < -0.39 is 35.3 Å². The van der Waals surface area contributed by atoms with Gasteiger partial charge >= 0.3 is 18.2 Å². The molecule has 1 atom stereocenters. The van der Waals surface area contributed by atoms with Gasteiger partial charge in [0, 0.05) is 5.56 Å². The van der Waals surface area contributed by atoms with Gasteiger partial charge in [0.15, 0.2) is 5.82 Å². The smallest absolute Gasteiger partial charge is 0.416 e. The van der Waals surface area contributed by atoms with Crippen molar-refractivity contribution < 1.29 is 32.6 Å². The van der Waals surface area contributed by atoms with Crippen LogP contribution in [0.15, 0.2) is 72.8 Å². The lowest BCUT2D eigenvalue weighted by molar-refractivity contribution is -0.140. The molecule has 11 heteroatoms. The van der Waals surface area contributed by atoms with Gasteiger partial charge in [-0.15, -0.1) is 5.10 Å². The van der Waals surface area contributed by atoms with E-state index in [-0.39, 0.29) is 11.4 Å². The summed E-state index contributed by atoms with van der Waals surface area (Å²) in [6.45, 7) is 2.99. The zero-order valence-electron chi connectivity index (χ0n) is 21.6. The molecule has 0 saturated heterocycles. The van der Waals surface area contributed by atoms with Gasteiger partial charge in [-0.3, -0.25) is 10.1 Å². The third-order valence-electron chi connectivity index (χ3n) is 7.09. The Balaban J connectivity index is 1.30. The van der Waals surface area contributed by atoms with Crippen LogP contribution in [0.1, 0.15) is 48.3 Å². The average molecular weight is 551 g/mol. The Morgan fingerprint density at radius 1 is 1.00 bits per heavy atom. The molecular formula is C29H25F3N4O4. The van der Waals surface area contributed by atoms with Gasteiger partial charge in [-0.1, -0.05) is 59.8 Å². The third kappa shape index (κ3) is 5.14. The minimum Gasteiger partial charge on any atom is -0.481 e. The number of ether oxygens (including phenoxy) is 1. The second kappa shape index (κ2) is 10.1. The highest BCUT2D eigenvalue weighted by molar-refractivity contribution is 5.85. The summed E-state index contributed by atoms with van der Waals surface area (Å²) in [7, 11) is 0. The number of alkyl halides is 3. The number of halogens is 3. The van der Waals surface area contributed by atoms with E-state index in [1.54, 1.807) is 19.1 Å². The monoisotopic (exact) mass is 550 g/mol. The summed E-state index contributed by atoms with van der Waals surface area (Å²) >= 11 is 0. The van der Waals surface area contributed by atoms with Gasteiger partial charge in [0.1, 0.15) is 11.8 Å². The number of hydrogen-bond donors (Lipinski definition) is 2. The first-order valence-electron chi connectivity index (χ1n) is 12.5. The van der Waals surface area contributed by atoms with Crippen molar-refractivity contribution in [2.75, 3.05) is 5.32 Å². The van der Waals surface area contributed by atoms with Crippen LogP contribution >= 0.6 is 0 Å². The Kier molecular flexibility index (Phi) is 6.82. The number of aromatic nitrogens is 3. The predicted molar refractivity (Wildman–Crippen MR) is 140 cm³/mol. The summed E-state index contributed by atoms with van der Waals surface area (Å²) in [5, 5.41) is 20.1. The van der Waals surface area contributed by atoms with E-state index >= 15 is 0 Å². The fourth-order valence-electron chi connectivity index (χ4n) is 4.67. The van der Waals surface area contributed by atoms with Crippen LogP contribution in [0.25, 0.3) is 16.8 Å². The van der Waals surface area contributed by atoms with Crippen LogP contribution in [-0.4, -0.2) is 32.2 Å². The highest BCUT2D eigenvalue weighted by Gasteiger charge is 2.51. The topological polar surface area (TPSA) is 106 Å². The molecule has 1 saturated carbocycles. The van der Waals surface area contributed by atoms with Crippen molar-refractivity contribution in [3.05, 3.63) is 95.2 Å². The number of aliphatic carboxylic acids is 1. The number of anilines is 1. The molecule has 1 unspecified atom stereocenters. The van der Waals surface area contributed by atoms with E-state index in [1.807, 2.05) is 36.4 Å². The average Bonchev–Trinajstić information content (AvgIpc) is 3.68. The predicted octanol–water partition coefficient (Wildman–Crippen LogP) is 6.69. The molecule has 1 aromatic heterocycles. The Hall–Kier alpha value is -4.67. The Morgan fingerprint density at radius 3 is 2.17 bits per heavy atom. The first-order valence-corrected chi connectivity index (χ1v) is 12.5. The SMILES string of the molecule is Cc1nnn(-c2ccc(-c3ccc(C4(C(=O)O)CC4)cc3)cc2)c1NC(=O)OC(C)c1ccccc1C(F)(F)F. The van der Waals surface area contributed by atoms with Crippen LogP contribution in [0.2, 0.25) is 0 Å². The fraction of sp³-hybridized carbons (Fsp3) is 0.241. The summed E-state index contributed by atoms with van der Waals surface area (Å²) in [5.41, 5.74) is 1.74. The molecule has 1 amide bonds. The normalized spacial score (nSPS) is 14.8. The number of aryl methyl sites for hydroxylation is 1. The van der Waals surface area contributed by atoms with Gasteiger partial charge in [0.2, 0.25) is 0 Å². The lowest BCUT2D eigenvalue weighted by atomic mass is 9.94. The van der Waals surface area contributed by atoms with Crippen molar-refractivity contribution >= 4 is 17.9 Å². The minimum absolute atomic E-state index is 0.160. The van der Waals surface area contributed by atoms with Gasteiger partial charge in [-0.2, -0.15) is 17.9 Å². The van der Waals surface area contributed by atoms with Crippen LogP contribution in [0.3, 0.4) is 0 Å². The Bertz CT molecular complexity index is 1560. The van der Waals surface area contributed by atoms with Crippen LogP contribution in [0, 0.1) is 6.92 Å². The summed E-state index contributed by atoms with van der Waals surface area (Å²) in [5.74, 6) is -0.594. The molecule has 1 heterocycles. The highest BCUT2D eigenvalue weighted by atomic mass is 19.4. The molecule has 0 spiro atoms. The maximum absolute atomic E-state index is 13.4. The second-order valence-electron chi connectivity index (χ2n) is 9.70. The molecule has 1 fully saturated rings. The number of hydrogen-bond acceptors (Lipinski definition) is 5. The number of carboxylic acids is 1. The van der Waals surface area contributed by atoms with Gasteiger partial charge in [-0.25, -0.2) is 4.79 Å². The standard InChI is InChI=1S/C29H25F3N4O4/c1-17-25(33-27(39)40-18(2)23-5-3-4-6-24(23)29(30,31)32)36(35-34-17)22-13-9-20(10-14-22)19-7-11-21(12-8-19)28(15-16-28)26(37)38/h3-14,18H,15-16H2,1-2H3,(H,33,39)(H,37,38). The summed E-state index contributed by atoms with van der Waals surface area (Å²) in [6.07, 6.45) is -5.44. The minimum atomic E-state index is -4.59. The molecule has 40 heavy (non-hydrogen) atoms. The lowest BCUT2D eigenvalue weighted by Gasteiger charge is -2.19. The molecule has 5 rings (SSSR count). The molecule has 3 aromatic carbocycles. The highest BCUT2D eigenvalue weighted by Crippen LogP contribution is 2.48. The van der Waals surface area contributed by atoms with Crippen molar-refractivity contribution in [3.63, 3.8) is 0 Å². The summed E-state index contributed by atoms with van der Waals surface area (Å²) < 4.78 is 46.8. The van der Waals surface area contributed by atoms with Crippen molar-refractivity contribution in [1.29, 1.82) is 0 Å². The molecule has 4 aromatic rings. The molecule has 1 aliphatic rings. The van der Waals surface area contributed by atoms with Crippen molar-refractivity contribution in [1.82, 2.24) is 15.0 Å². The molecule has 0 aliphatic heterocycles. The maximum atomic E-state index is 13.4. The summed E-state index contributed by atoms with van der Waals surface area (Å²) in [6, 6.07) is 19.6. The van der Waals surface area contributed by atoms with Gasteiger partial charge in [0.25, 0.3) is 0 Å². The largest absolute Gasteiger partial charge is 0.481 e. The van der Waals surface area contributed by atoms with Crippen molar-refractivity contribution in [2.24, 2.45) is 0 Å². The first-order chi connectivity index (χ1) is 19.0. The van der Waals surface area contributed by atoms with Crippen LogP contribution in [0.5, 0.6) is 0 Å². The fourth-order valence-corrected chi connectivity index (χ4v) is 4.67. The Morgan fingerprint density at radius 2 is 1.60 bits per heavy atom. The number of carbonyl (C=O) groups is 2. The summed E-state index contributed by atoms with van der Waals surface area (Å²) in [4.78, 5) is 24.2. The van der Waals surface area contributed by atoms with E-state index in [1.165, 1.54) is 29.8 Å². The molecule has 1 aliphatic carbocycles. The number of nitrogens with one attached hydrogen (secondary N) is 1. The quantitative estimate of drug-likeness (QED) is 0.266. The van der Waals surface area contributed by atoms with Crippen LogP contribution in [-0.2, 0) is 21.1 Å². The van der Waals surface area contributed by atoms with Gasteiger partial charge < -0.3 is 9.84 Å². The molecule has 206 valence electrons. The van der Waals surface area contributed by atoms with E-state index in [9.17, 15) is 27.9 Å². The molecule has 8 nitrogen and oxygen atoms in total. The third-order valence-corrected chi connectivity index (χ3v) is 7.09. The molecular weight excluding hydrogens is 525 g/mol. The van der Waals surface area contributed by atoms with E-state index in [0.717, 1.165) is 22.8 Å². The number of amides is 1. The maximum Gasteiger partial charge on any atom is 0.416 e. The molecule has 2 N–H and O–H groups in total. The Labute approximate surface area is 227 Å². The van der Waals surface area contributed by atoms with Gasteiger partial charge in [0.05, 0.1) is 16.7 Å². The van der Waals surface area contributed by atoms with Crippen molar-refractivity contribution in [2.45, 2.75) is 44.4 Å². The van der Waals surface area contributed by atoms with E-state index in [0.29, 0.717) is 24.2 Å². The number of carboxylic acid groups (broad SMARTS) is 1. The van der Waals surface area contributed by atoms with Gasteiger partial charge in [-0.05, 0) is 61.6 Å². The van der Waals surface area contributed by atoms with E-state index in [4.69, 9.17) is 4.74 Å². The van der Waals surface area contributed by atoms with Crippen LogP contribution < -0.4 is 5.32 Å². The second-order valence-corrected chi connectivity index (χ2v) is 9.70. The number of benzene rings is 3. The number of rotatable bonds is 7. The van der Waals surface area contributed by atoms with E-state index in [2.05, 4.69) is 15.6 Å². The first kappa shape index (κ1) is 26.9. The molecule has 0 radical (unpaired) electrons. The number of carbonyl (C=O) groups excluding carboxylic acids is 1.